The molecule has 2 fully saturated rings. The minimum absolute atomic E-state index is 0.0377. The van der Waals surface area contributed by atoms with Gasteiger partial charge in [0.25, 0.3) is 0 Å². The third-order valence-corrected chi connectivity index (χ3v) is 11.0. The van der Waals surface area contributed by atoms with Crippen LogP contribution >= 0.6 is 0 Å². The first-order valence-electron chi connectivity index (χ1n) is 21.0. The third kappa shape index (κ3) is 9.67. The van der Waals surface area contributed by atoms with Gasteiger partial charge in [0.1, 0.15) is 23.2 Å². The van der Waals surface area contributed by atoms with Gasteiger partial charge in [-0.25, -0.2) is 37.5 Å². The maximum Gasteiger partial charge on any atom is 0.322 e. The molecule has 0 saturated carbocycles. The highest BCUT2D eigenvalue weighted by atomic mass is 19.1. The molecule has 2 aliphatic heterocycles. The zero-order valence-corrected chi connectivity index (χ0v) is 34.4. The van der Waals surface area contributed by atoms with Crippen molar-refractivity contribution >= 4 is 0 Å². The first kappa shape index (κ1) is 42.0. The van der Waals surface area contributed by atoms with Crippen LogP contribution in [0.25, 0.3) is 45.3 Å². The standard InChI is InChI=1S/2C24H21F2N5O/c25-17-6-4-16(5-7-17)22-23(31(15-29-22)19-8-11-27-12-9-19)21-10-13-28-24(30-21)32-20-3-1-2-18(26)14-20;25-17-7-5-16(6-8-17)22-23(31(15-29-22)18-9-12-27-13-10-18)20-11-14-28-24(30-20)32-21-4-2-1-3-19(21)26/h1-7,10,13-15,19,27H,8-9,11-12H2;1-8,11,14-15,18,27H,9-10,12-13H2. The first-order valence-corrected chi connectivity index (χ1v) is 21.0. The number of nitrogens with zero attached hydrogens (tertiary/aromatic N) is 8. The summed E-state index contributed by atoms with van der Waals surface area (Å²) in [5.41, 5.74) is 5.81. The lowest BCUT2D eigenvalue weighted by atomic mass is 10.0. The van der Waals surface area contributed by atoms with Crippen LogP contribution in [0.2, 0.25) is 0 Å². The molecular weight excluding hydrogens is 825 g/mol. The average Bonchev–Trinajstić information content (AvgIpc) is 3.98. The summed E-state index contributed by atoms with van der Waals surface area (Å²) in [6.07, 6.45) is 10.6. The van der Waals surface area contributed by atoms with Gasteiger partial charge in [0.2, 0.25) is 0 Å². The molecule has 0 radical (unpaired) electrons. The predicted molar refractivity (Wildman–Crippen MR) is 233 cm³/mol. The van der Waals surface area contributed by atoms with Crippen molar-refractivity contribution in [1.82, 2.24) is 49.7 Å². The molecule has 12 nitrogen and oxygen atoms in total. The summed E-state index contributed by atoms with van der Waals surface area (Å²) in [5, 5.41) is 6.75. The Kier molecular flexibility index (Phi) is 12.7. The molecule has 0 spiro atoms. The molecule has 8 aromatic rings. The van der Waals surface area contributed by atoms with Gasteiger partial charge < -0.3 is 29.2 Å². The van der Waals surface area contributed by atoms with Crippen LogP contribution in [0.3, 0.4) is 0 Å². The normalized spacial score (nSPS) is 14.4. The monoisotopic (exact) mass is 866 g/mol. The zero-order valence-electron chi connectivity index (χ0n) is 34.4. The summed E-state index contributed by atoms with van der Waals surface area (Å²) in [7, 11) is 0. The van der Waals surface area contributed by atoms with Crippen LogP contribution in [0, 0.1) is 23.3 Å². The topological polar surface area (TPSA) is 130 Å². The smallest absolute Gasteiger partial charge is 0.322 e. The molecule has 2 aliphatic rings. The van der Waals surface area contributed by atoms with Crippen LogP contribution < -0.4 is 20.1 Å². The van der Waals surface area contributed by atoms with Crippen LogP contribution in [0.15, 0.2) is 134 Å². The number of imidazole rings is 2. The molecule has 0 amide bonds. The largest absolute Gasteiger partial charge is 0.424 e. The molecule has 6 heterocycles. The summed E-state index contributed by atoms with van der Waals surface area (Å²) >= 11 is 0. The Hall–Kier alpha value is -7.30. The number of para-hydroxylation sites is 1. The van der Waals surface area contributed by atoms with Crippen LogP contribution in [-0.4, -0.2) is 65.2 Å². The number of rotatable bonds is 10. The second-order valence-electron chi connectivity index (χ2n) is 15.2. The second kappa shape index (κ2) is 19.4. The Balaban J connectivity index is 0.000000162. The minimum atomic E-state index is -0.492. The van der Waals surface area contributed by atoms with Gasteiger partial charge in [0.05, 0.1) is 46.8 Å². The van der Waals surface area contributed by atoms with E-state index >= 15 is 0 Å². The zero-order chi connectivity index (χ0) is 43.8. The quantitative estimate of drug-likeness (QED) is 0.128. The molecule has 0 aliphatic carbocycles. The van der Waals surface area contributed by atoms with E-state index in [1.807, 2.05) is 12.7 Å². The molecule has 4 aromatic heterocycles. The summed E-state index contributed by atoms with van der Waals surface area (Å²) in [5.74, 6) is -1.14. The predicted octanol–water partition coefficient (Wildman–Crippen LogP) is 10.0. The van der Waals surface area contributed by atoms with Crippen LogP contribution in [0.1, 0.15) is 37.8 Å². The lowest BCUT2D eigenvalue weighted by Crippen LogP contribution is -2.29. The molecule has 4 aromatic carbocycles. The Morgan fingerprint density at radius 1 is 0.500 bits per heavy atom. The summed E-state index contributed by atoms with van der Waals surface area (Å²) in [6.45, 7) is 3.68. The number of hydrogen-bond donors (Lipinski definition) is 2. The maximum atomic E-state index is 14.0. The number of ether oxygens (including phenoxy) is 2. The van der Waals surface area contributed by atoms with Gasteiger partial charge in [0, 0.05) is 41.7 Å². The van der Waals surface area contributed by atoms with E-state index in [0.717, 1.165) is 74.4 Å². The lowest BCUT2D eigenvalue weighted by Gasteiger charge is -2.25. The molecule has 2 saturated heterocycles. The van der Waals surface area contributed by atoms with Crippen molar-refractivity contribution in [3.63, 3.8) is 0 Å². The highest BCUT2D eigenvalue weighted by molar-refractivity contribution is 5.78. The van der Waals surface area contributed by atoms with Gasteiger partial charge in [-0.2, -0.15) is 9.97 Å². The van der Waals surface area contributed by atoms with Crippen molar-refractivity contribution in [3.05, 3.63) is 158 Å². The van der Waals surface area contributed by atoms with E-state index in [-0.39, 0.29) is 41.5 Å². The van der Waals surface area contributed by atoms with Gasteiger partial charge >= 0.3 is 12.0 Å². The lowest BCUT2D eigenvalue weighted by molar-refractivity contribution is 0.370. The van der Waals surface area contributed by atoms with Crippen LogP contribution in [-0.2, 0) is 0 Å². The van der Waals surface area contributed by atoms with E-state index in [0.29, 0.717) is 28.5 Å². The number of piperidine rings is 2. The summed E-state index contributed by atoms with van der Waals surface area (Å²) < 4.78 is 70.2. The van der Waals surface area contributed by atoms with Gasteiger partial charge in [-0.05, 0) is 137 Å². The van der Waals surface area contributed by atoms with E-state index in [4.69, 9.17) is 9.47 Å². The summed E-state index contributed by atoms with van der Waals surface area (Å²) in [4.78, 5) is 26.8. The summed E-state index contributed by atoms with van der Waals surface area (Å²) in [6, 6.07) is 28.6. The van der Waals surface area contributed by atoms with Gasteiger partial charge in [-0.3, -0.25) is 0 Å². The maximum absolute atomic E-state index is 14.0. The molecular formula is C48H42F4N10O2. The fourth-order valence-electron chi connectivity index (χ4n) is 7.90. The third-order valence-electron chi connectivity index (χ3n) is 11.0. The Morgan fingerprint density at radius 3 is 1.50 bits per heavy atom. The Labute approximate surface area is 366 Å². The SMILES string of the molecule is Fc1ccc(-c2ncn(C3CCNCC3)c2-c2ccnc(Oc3cccc(F)c3)n2)cc1.Fc1ccc(-c2ncn(C3CCNCC3)c2-c2ccnc(Oc3ccccc3F)n2)cc1. The molecule has 324 valence electrons. The molecule has 0 bridgehead atoms. The van der Waals surface area contributed by atoms with Gasteiger partial charge in [-0.15, -0.1) is 0 Å². The van der Waals surface area contributed by atoms with E-state index in [1.54, 1.807) is 73.1 Å². The van der Waals surface area contributed by atoms with E-state index in [9.17, 15) is 17.6 Å². The molecule has 0 atom stereocenters. The molecule has 16 heteroatoms. The van der Waals surface area contributed by atoms with Crippen molar-refractivity contribution in [2.24, 2.45) is 0 Å². The number of halogens is 4. The van der Waals surface area contributed by atoms with E-state index in [2.05, 4.69) is 49.7 Å². The van der Waals surface area contributed by atoms with Crippen LogP contribution in [0.4, 0.5) is 17.6 Å². The molecule has 10 rings (SSSR count). The van der Waals surface area contributed by atoms with Crippen LogP contribution in [0.5, 0.6) is 23.5 Å². The van der Waals surface area contributed by atoms with Crippen molar-refractivity contribution in [2.45, 2.75) is 37.8 Å². The number of nitrogens with one attached hydrogen (secondary N) is 2. The van der Waals surface area contributed by atoms with Crippen molar-refractivity contribution < 1.29 is 27.0 Å². The van der Waals surface area contributed by atoms with E-state index < -0.39 is 11.6 Å². The van der Waals surface area contributed by atoms with E-state index in [1.165, 1.54) is 48.5 Å². The second-order valence-corrected chi connectivity index (χ2v) is 15.2. The molecule has 64 heavy (non-hydrogen) atoms. The highest BCUT2D eigenvalue weighted by Gasteiger charge is 2.26. The number of hydrogen-bond acceptors (Lipinski definition) is 10. The minimum Gasteiger partial charge on any atom is -0.424 e. The fraction of sp³-hybridized carbons (Fsp3) is 0.208. The first-order chi connectivity index (χ1) is 31.4. The number of aromatic nitrogens is 8. The van der Waals surface area contributed by atoms with Crippen molar-refractivity contribution in [2.75, 3.05) is 26.2 Å². The van der Waals surface area contributed by atoms with Crippen molar-refractivity contribution in [1.29, 1.82) is 0 Å². The Morgan fingerprint density at radius 2 is 1.00 bits per heavy atom. The molecule has 2 N–H and O–H groups in total. The van der Waals surface area contributed by atoms with Gasteiger partial charge in [-0.1, -0.05) is 18.2 Å². The Bertz CT molecular complexity index is 2820. The fourth-order valence-corrected chi connectivity index (χ4v) is 7.90. The van der Waals surface area contributed by atoms with Crippen molar-refractivity contribution in [3.8, 4) is 68.8 Å². The molecule has 0 unspecified atom stereocenters. The number of benzene rings is 4. The highest BCUT2D eigenvalue weighted by Crippen LogP contribution is 2.37. The average molecular weight is 867 g/mol. The van der Waals surface area contributed by atoms with Gasteiger partial charge in [0.15, 0.2) is 11.6 Å².